The Hall–Kier alpha value is -1.04. The number of aliphatic hydroxyl groups excluding tert-OH is 1. The van der Waals surface area contributed by atoms with Crippen LogP contribution in [0.2, 0.25) is 0 Å². The van der Waals surface area contributed by atoms with E-state index in [0.717, 1.165) is 5.56 Å². The van der Waals surface area contributed by atoms with Crippen LogP contribution in [0, 0.1) is 11.8 Å². The summed E-state index contributed by atoms with van der Waals surface area (Å²) in [5.41, 5.74) is 1.50. The minimum atomic E-state index is -0.0324. The van der Waals surface area contributed by atoms with Crippen LogP contribution in [0.15, 0.2) is 18.3 Å². The topological polar surface area (TPSA) is 33.1 Å². The fraction of sp³-hybridized carbons (Fsp3) is 0.300. The van der Waals surface area contributed by atoms with Crippen LogP contribution >= 0.6 is 11.6 Å². The van der Waals surface area contributed by atoms with Crippen molar-refractivity contribution in [2.45, 2.75) is 13.0 Å². The van der Waals surface area contributed by atoms with Gasteiger partial charge in [-0.15, -0.1) is 11.6 Å². The smallest absolute Gasteiger partial charge is 0.0852 e. The Morgan fingerprint density at radius 1 is 1.46 bits per heavy atom. The van der Waals surface area contributed by atoms with Crippen molar-refractivity contribution in [1.82, 2.24) is 4.98 Å². The molecule has 0 atom stereocenters. The number of rotatable bonds is 2. The molecule has 0 radical (unpaired) electrons. The van der Waals surface area contributed by atoms with Crippen LogP contribution in [0.1, 0.15) is 17.7 Å². The van der Waals surface area contributed by atoms with Crippen molar-refractivity contribution in [3.63, 3.8) is 0 Å². The molecule has 0 spiro atoms. The number of nitrogens with zero attached hydrogens (tertiary/aromatic N) is 1. The van der Waals surface area contributed by atoms with Crippen LogP contribution in [0.25, 0.3) is 0 Å². The summed E-state index contributed by atoms with van der Waals surface area (Å²) in [5.74, 6) is 6.37. The summed E-state index contributed by atoms with van der Waals surface area (Å²) in [7, 11) is 0. The minimum Gasteiger partial charge on any atom is -0.390 e. The molecule has 1 aromatic heterocycles. The number of halogens is 1. The van der Waals surface area contributed by atoms with Gasteiger partial charge in [0.25, 0.3) is 0 Å². The Kier molecular flexibility index (Phi) is 4.31. The Morgan fingerprint density at radius 3 is 2.85 bits per heavy atom. The first-order valence-electron chi connectivity index (χ1n) is 3.97. The van der Waals surface area contributed by atoms with Gasteiger partial charge in [0.1, 0.15) is 0 Å². The van der Waals surface area contributed by atoms with Gasteiger partial charge in [0, 0.05) is 24.1 Å². The number of alkyl halides is 1. The third-order valence-electron chi connectivity index (χ3n) is 1.44. The highest BCUT2D eigenvalue weighted by Crippen LogP contribution is 1.98. The summed E-state index contributed by atoms with van der Waals surface area (Å²) in [6.45, 7) is -0.0324. The van der Waals surface area contributed by atoms with Crippen molar-refractivity contribution < 1.29 is 5.11 Å². The second-order valence-electron chi connectivity index (χ2n) is 2.44. The Morgan fingerprint density at radius 2 is 2.31 bits per heavy atom. The maximum atomic E-state index is 8.73. The lowest BCUT2D eigenvalue weighted by atomic mass is 10.2. The number of aliphatic hydroxyl groups is 1. The molecule has 0 aliphatic carbocycles. The first-order chi connectivity index (χ1) is 6.36. The van der Waals surface area contributed by atoms with Gasteiger partial charge in [0.05, 0.1) is 12.3 Å². The molecule has 0 aliphatic heterocycles. The van der Waals surface area contributed by atoms with E-state index in [9.17, 15) is 0 Å². The van der Waals surface area contributed by atoms with Crippen LogP contribution in [0.5, 0.6) is 0 Å². The average Bonchev–Trinajstić information content (AvgIpc) is 2.19. The summed E-state index contributed by atoms with van der Waals surface area (Å²) in [6, 6.07) is 3.59. The molecule has 0 unspecified atom stereocenters. The van der Waals surface area contributed by atoms with Crippen LogP contribution < -0.4 is 0 Å². The van der Waals surface area contributed by atoms with Gasteiger partial charge in [-0.3, -0.25) is 4.98 Å². The van der Waals surface area contributed by atoms with Gasteiger partial charge in [0.15, 0.2) is 0 Å². The van der Waals surface area contributed by atoms with Crippen molar-refractivity contribution in [2.75, 3.05) is 5.88 Å². The lowest BCUT2D eigenvalue weighted by molar-refractivity contribution is 0.277. The molecule has 1 rings (SSSR count). The number of hydrogen-bond donors (Lipinski definition) is 1. The molecule has 0 amide bonds. The van der Waals surface area contributed by atoms with E-state index in [1.807, 2.05) is 6.07 Å². The van der Waals surface area contributed by atoms with E-state index >= 15 is 0 Å². The fourth-order valence-corrected chi connectivity index (χ4v) is 0.898. The van der Waals surface area contributed by atoms with Crippen LogP contribution in [0.4, 0.5) is 0 Å². The third-order valence-corrected chi connectivity index (χ3v) is 1.63. The van der Waals surface area contributed by atoms with E-state index in [4.69, 9.17) is 16.7 Å². The van der Waals surface area contributed by atoms with Crippen molar-refractivity contribution in [3.8, 4) is 11.8 Å². The quantitative estimate of drug-likeness (QED) is 0.574. The van der Waals surface area contributed by atoms with E-state index in [2.05, 4.69) is 16.8 Å². The molecule has 1 heterocycles. The summed E-state index contributed by atoms with van der Waals surface area (Å²) < 4.78 is 0. The zero-order valence-corrected chi connectivity index (χ0v) is 7.88. The molecular formula is C10H10ClNO. The van der Waals surface area contributed by atoms with Gasteiger partial charge < -0.3 is 5.11 Å². The third kappa shape index (κ3) is 3.45. The molecule has 0 aromatic carbocycles. The van der Waals surface area contributed by atoms with Gasteiger partial charge in [-0.2, -0.15) is 0 Å². The van der Waals surface area contributed by atoms with Crippen molar-refractivity contribution >= 4 is 11.6 Å². The maximum Gasteiger partial charge on any atom is 0.0852 e. The minimum absolute atomic E-state index is 0.0324. The standard InChI is InChI=1S/C10H10ClNO/c11-6-2-1-3-9-4-5-10(8-13)12-7-9/h4-5,7,13H,2,6,8H2. The van der Waals surface area contributed by atoms with E-state index in [1.165, 1.54) is 0 Å². The first-order valence-corrected chi connectivity index (χ1v) is 4.51. The molecule has 0 saturated carbocycles. The van der Waals surface area contributed by atoms with Crippen molar-refractivity contribution in [1.29, 1.82) is 0 Å². The first kappa shape index (κ1) is 10.0. The van der Waals surface area contributed by atoms with Gasteiger partial charge in [-0.1, -0.05) is 11.8 Å². The molecule has 0 bridgehead atoms. The summed E-state index contributed by atoms with van der Waals surface area (Å²) in [5, 5.41) is 8.73. The molecule has 13 heavy (non-hydrogen) atoms. The number of hydrogen-bond acceptors (Lipinski definition) is 2. The molecule has 0 aliphatic rings. The summed E-state index contributed by atoms with van der Waals surface area (Å²) in [6.07, 6.45) is 2.33. The summed E-state index contributed by atoms with van der Waals surface area (Å²) in [4.78, 5) is 3.99. The highest BCUT2D eigenvalue weighted by Gasteiger charge is 1.90. The van der Waals surface area contributed by atoms with Crippen molar-refractivity contribution in [2.24, 2.45) is 0 Å². The Bertz CT molecular complexity index is 310. The largest absolute Gasteiger partial charge is 0.390 e. The van der Waals surface area contributed by atoms with Crippen LogP contribution in [0.3, 0.4) is 0 Å². The van der Waals surface area contributed by atoms with E-state index in [0.29, 0.717) is 18.0 Å². The lowest BCUT2D eigenvalue weighted by Crippen LogP contribution is -1.88. The monoisotopic (exact) mass is 195 g/mol. The SMILES string of the molecule is OCc1ccc(C#CCCCl)cn1. The molecule has 0 fully saturated rings. The Labute approximate surface area is 82.6 Å². The highest BCUT2D eigenvalue weighted by molar-refractivity contribution is 6.18. The molecule has 1 aromatic rings. The maximum absolute atomic E-state index is 8.73. The zero-order valence-electron chi connectivity index (χ0n) is 7.13. The second kappa shape index (κ2) is 5.58. The van der Waals surface area contributed by atoms with Crippen LogP contribution in [-0.4, -0.2) is 16.0 Å². The highest BCUT2D eigenvalue weighted by atomic mass is 35.5. The molecule has 68 valence electrons. The van der Waals surface area contributed by atoms with Crippen LogP contribution in [-0.2, 0) is 6.61 Å². The van der Waals surface area contributed by atoms with Crippen molar-refractivity contribution in [3.05, 3.63) is 29.6 Å². The van der Waals surface area contributed by atoms with Gasteiger partial charge in [0.2, 0.25) is 0 Å². The lowest BCUT2D eigenvalue weighted by Gasteiger charge is -1.93. The normalized spacial score (nSPS) is 9.08. The van der Waals surface area contributed by atoms with E-state index in [1.54, 1.807) is 12.3 Å². The zero-order chi connectivity index (χ0) is 9.52. The number of pyridine rings is 1. The van der Waals surface area contributed by atoms with E-state index < -0.39 is 0 Å². The predicted octanol–water partition coefficient (Wildman–Crippen LogP) is 1.55. The molecule has 0 saturated heterocycles. The van der Waals surface area contributed by atoms with E-state index in [-0.39, 0.29) is 6.61 Å². The summed E-state index contributed by atoms with van der Waals surface area (Å²) >= 11 is 5.46. The molecule has 1 N–H and O–H groups in total. The second-order valence-corrected chi connectivity index (χ2v) is 2.82. The fourth-order valence-electron chi connectivity index (χ4n) is 0.804. The number of aromatic nitrogens is 1. The molecule has 2 nitrogen and oxygen atoms in total. The molecule has 3 heteroatoms. The average molecular weight is 196 g/mol. The predicted molar refractivity (Wildman–Crippen MR) is 52.4 cm³/mol. The van der Waals surface area contributed by atoms with Gasteiger partial charge >= 0.3 is 0 Å². The molecular weight excluding hydrogens is 186 g/mol. The van der Waals surface area contributed by atoms with Gasteiger partial charge in [-0.25, -0.2) is 0 Å². The Balaban J connectivity index is 2.65. The van der Waals surface area contributed by atoms with Gasteiger partial charge in [-0.05, 0) is 12.1 Å².